The molecular weight excluding hydrogens is 306 g/mol. The van der Waals surface area contributed by atoms with Crippen molar-refractivity contribution in [3.63, 3.8) is 0 Å². The van der Waals surface area contributed by atoms with E-state index in [4.69, 9.17) is 5.11 Å². The molecule has 0 radical (unpaired) electrons. The fourth-order valence-electron chi connectivity index (χ4n) is 1.76. The quantitative estimate of drug-likeness (QED) is 0.791. The van der Waals surface area contributed by atoms with Crippen LogP contribution in [0.15, 0.2) is 22.7 Å². The van der Waals surface area contributed by atoms with Gasteiger partial charge >= 0.3 is 12.1 Å². The molecule has 1 aromatic carbocycles. The van der Waals surface area contributed by atoms with Gasteiger partial charge in [0.05, 0.1) is 5.56 Å². The molecule has 1 aliphatic rings. The highest BCUT2D eigenvalue weighted by Crippen LogP contribution is 2.30. The second-order valence-corrected chi connectivity index (χ2v) is 4.54. The topological polar surface area (TPSA) is 71.2 Å². The van der Waals surface area contributed by atoms with E-state index in [2.05, 4.69) is 20.0 Å². The van der Waals surface area contributed by atoms with E-state index in [-0.39, 0.29) is 11.3 Å². The van der Waals surface area contributed by atoms with Crippen molar-refractivity contribution in [3.8, 4) is 17.1 Å². The maximum atomic E-state index is 13.3. The predicted molar refractivity (Wildman–Crippen MR) is 68.5 cm³/mol. The Kier molecular flexibility index (Phi) is 4.96. The molecule has 2 N–H and O–H groups in total. The third-order valence-corrected chi connectivity index (χ3v) is 2.82. The van der Waals surface area contributed by atoms with Crippen molar-refractivity contribution in [1.29, 1.82) is 0 Å². The normalized spacial score (nSPS) is 14.5. The molecule has 0 spiro atoms. The lowest BCUT2D eigenvalue weighted by molar-refractivity contribution is -0.159. The Morgan fingerprint density at radius 3 is 2.32 bits per heavy atom. The molecule has 9 heteroatoms. The molecule has 1 aromatic heterocycles. The average Bonchev–Trinajstić information content (AvgIpc) is 3.13. The van der Waals surface area contributed by atoms with E-state index < -0.39 is 23.7 Å². The molecule has 0 bridgehead atoms. The highest BCUT2D eigenvalue weighted by atomic mass is 19.4. The summed E-state index contributed by atoms with van der Waals surface area (Å²) in [4.78, 5) is 3.02. The molecule has 0 aliphatic carbocycles. The Balaban J connectivity index is 0.000000299. The highest BCUT2D eigenvalue weighted by Gasteiger charge is 2.38. The molecule has 0 amide bonds. The van der Waals surface area contributed by atoms with Crippen molar-refractivity contribution in [2.75, 3.05) is 13.1 Å². The number of halogens is 4. The summed E-state index contributed by atoms with van der Waals surface area (Å²) in [6.45, 7) is 2.50. The van der Waals surface area contributed by atoms with Gasteiger partial charge in [-0.25, -0.2) is 4.39 Å². The second-order valence-electron chi connectivity index (χ2n) is 4.54. The minimum Gasteiger partial charge on any atom is -0.508 e. The molecule has 2 aromatic rings. The van der Waals surface area contributed by atoms with E-state index in [0.29, 0.717) is 0 Å². The van der Waals surface area contributed by atoms with Gasteiger partial charge in [0.2, 0.25) is 5.82 Å². The maximum Gasteiger partial charge on any atom is 0.471 e. The molecule has 22 heavy (non-hydrogen) atoms. The van der Waals surface area contributed by atoms with Crippen LogP contribution in [0.1, 0.15) is 18.7 Å². The summed E-state index contributed by atoms with van der Waals surface area (Å²) in [5.41, 5.74) is -0.290. The number of aromatic nitrogens is 2. The van der Waals surface area contributed by atoms with Crippen LogP contribution in [0, 0.1) is 5.82 Å². The average molecular weight is 319 g/mol. The standard InChI is InChI=1S/C9H4F4N2O2.C4H9N/c10-6-3-4(16)1-2-5(6)7-14-8(17-15-7)9(11,12)13;1-2-4-5-3-1/h1-3,16H;5H,1-4H2. The zero-order valence-electron chi connectivity index (χ0n) is 11.3. The summed E-state index contributed by atoms with van der Waals surface area (Å²) in [7, 11) is 0. The Morgan fingerprint density at radius 1 is 1.18 bits per heavy atom. The van der Waals surface area contributed by atoms with Crippen molar-refractivity contribution in [1.82, 2.24) is 15.5 Å². The first-order valence-corrected chi connectivity index (χ1v) is 6.48. The summed E-state index contributed by atoms with van der Waals surface area (Å²) in [5.74, 6) is -3.39. The van der Waals surface area contributed by atoms with Crippen LogP contribution in [0.25, 0.3) is 11.4 Å². The zero-order valence-corrected chi connectivity index (χ0v) is 11.3. The Bertz CT molecular complexity index is 616. The second kappa shape index (κ2) is 6.73. The van der Waals surface area contributed by atoms with Crippen LogP contribution < -0.4 is 5.32 Å². The lowest BCUT2D eigenvalue weighted by Gasteiger charge is -1.98. The van der Waals surface area contributed by atoms with Crippen molar-refractivity contribution in [2.45, 2.75) is 19.0 Å². The van der Waals surface area contributed by atoms with Gasteiger partial charge in [-0.2, -0.15) is 18.2 Å². The first-order valence-electron chi connectivity index (χ1n) is 6.48. The molecule has 0 saturated carbocycles. The van der Waals surface area contributed by atoms with Gasteiger partial charge < -0.3 is 14.9 Å². The Hall–Kier alpha value is -2.16. The summed E-state index contributed by atoms with van der Waals surface area (Å²) in [5, 5.41) is 15.2. The number of alkyl halides is 3. The van der Waals surface area contributed by atoms with E-state index in [1.165, 1.54) is 25.9 Å². The minimum atomic E-state index is -4.78. The van der Waals surface area contributed by atoms with Crippen LogP contribution in [-0.2, 0) is 6.18 Å². The summed E-state index contributed by atoms with van der Waals surface area (Å²) in [6, 6.07) is 2.89. The van der Waals surface area contributed by atoms with Crippen LogP contribution in [0.2, 0.25) is 0 Å². The van der Waals surface area contributed by atoms with Gasteiger partial charge in [0.1, 0.15) is 11.6 Å². The number of benzene rings is 1. The molecule has 1 fully saturated rings. The Labute approximate surface area is 123 Å². The van der Waals surface area contributed by atoms with Crippen LogP contribution in [0.4, 0.5) is 17.6 Å². The van der Waals surface area contributed by atoms with Crippen LogP contribution in [-0.4, -0.2) is 28.3 Å². The number of phenolic OH excluding ortho intramolecular Hbond substituents is 1. The lowest BCUT2D eigenvalue weighted by atomic mass is 10.2. The fourth-order valence-corrected chi connectivity index (χ4v) is 1.76. The zero-order chi connectivity index (χ0) is 16.2. The predicted octanol–water partition coefficient (Wildman–Crippen LogP) is 2.97. The van der Waals surface area contributed by atoms with E-state index in [9.17, 15) is 17.6 Å². The fraction of sp³-hybridized carbons (Fsp3) is 0.385. The summed E-state index contributed by atoms with van der Waals surface area (Å²) < 4.78 is 53.7. The number of hydrogen-bond acceptors (Lipinski definition) is 5. The van der Waals surface area contributed by atoms with Gasteiger partial charge in [-0.1, -0.05) is 5.16 Å². The molecule has 0 atom stereocenters. The highest BCUT2D eigenvalue weighted by molar-refractivity contribution is 5.56. The number of aromatic hydroxyl groups is 1. The molecular formula is C13H13F4N3O2. The van der Waals surface area contributed by atoms with Gasteiger partial charge in [-0.3, -0.25) is 0 Å². The third-order valence-electron chi connectivity index (χ3n) is 2.82. The molecule has 0 unspecified atom stereocenters. The molecule has 3 rings (SSSR count). The molecule has 1 saturated heterocycles. The van der Waals surface area contributed by atoms with Crippen molar-refractivity contribution in [3.05, 3.63) is 29.9 Å². The minimum absolute atomic E-state index is 0.290. The van der Waals surface area contributed by atoms with Crippen LogP contribution in [0.3, 0.4) is 0 Å². The molecule has 120 valence electrons. The lowest BCUT2D eigenvalue weighted by Crippen LogP contribution is -2.04. The van der Waals surface area contributed by atoms with Gasteiger partial charge in [-0.15, -0.1) is 0 Å². The van der Waals surface area contributed by atoms with Crippen LogP contribution >= 0.6 is 0 Å². The Morgan fingerprint density at radius 2 is 1.86 bits per heavy atom. The first-order chi connectivity index (χ1) is 10.4. The monoisotopic (exact) mass is 319 g/mol. The van der Waals surface area contributed by atoms with E-state index >= 15 is 0 Å². The third kappa shape index (κ3) is 4.17. The van der Waals surface area contributed by atoms with E-state index in [1.54, 1.807) is 0 Å². The van der Waals surface area contributed by atoms with Gasteiger partial charge in [-0.05, 0) is 38.1 Å². The van der Waals surface area contributed by atoms with Crippen LogP contribution in [0.5, 0.6) is 5.75 Å². The first kappa shape index (κ1) is 16.2. The van der Waals surface area contributed by atoms with Gasteiger partial charge in [0.15, 0.2) is 0 Å². The molecule has 5 nitrogen and oxygen atoms in total. The number of nitrogens with zero attached hydrogens (tertiary/aromatic N) is 2. The number of nitrogens with one attached hydrogen (secondary N) is 1. The smallest absolute Gasteiger partial charge is 0.471 e. The maximum absolute atomic E-state index is 13.3. The number of phenols is 1. The van der Waals surface area contributed by atoms with Crippen molar-refractivity contribution in [2.24, 2.45) is 0 Å². The van der Waals surface area contributed by atoms with Gasteiger partial charge in [0, 0.05) is 6.07 Å². The van der Waals surface area contributed by atoms with Crippen molar-refractivity contribution < 1.29 is 27.2 Å². The summed E-state index contributed by atoms with van der Waals surface area (Å²) >= 11 is 0. The largest absolute Gasteiger partial charge is 0.508 e. The van der Waals surface area contributed by atoms with E-state index in [0.717, 1.165) is 18.2 Å². The SMILES string of the molecule is C1CCNC1.Oc1ccc(-c2noc(C(F)(F)F)n2)c(F)c1. The van der Waals surface area contributed by atoms with E-state index in [1.807, 2.05) is 0 Å². The van der Waals surface area contributed by atoms with Gasteiger partial charge in [0.25, 0.3) is 0 Å². The number of rotatable bonds is 1. The number of hydrogen-bond donors (Lipinski definition) is 2. The van der Waals surface area contributed by atoms with Crippen molar-refractivity contribution >= 4 is 0 Å². The summed E-state index contributed by atoms with van der Waals surface area (Å²) in [6.07, 6.45) is -2.00. The molecule has 1 aliphatic heterocycles. The molecule has 2 heterocycles.